The second-order valence-electron chi connectivity index (χ2n) is 18.2. The lowest BCUT2D eigenvalue weighted by Gasteiger charge is -2.30. The van der Waals surface area contributed by atoms with Crippen LogP contribution in [0.25, 0.3) is 0 Å². The van der Waals surface area contributed by atoms with Crippen LogP contribution in [0.1, 0.15) is 245 Å². The van der Waals surface area contributed by atoms with Crippen molar-refractivity contribution in [3.8, 4) is 0 Å². The van der Waals surface area contributed by atoms with Crippen LogP contribution in [0.5, 0.6) is 0 Å². The summed E-state index contributed by atoms with van der Waals surface area (Å²) in [5.41, 5.74) is 0. The number of nitrogens with one attached hydrogen (secondary N) is 1. The van der Waals surface area contributed by atoms with Crippen LogP contribution in [0, 0.1) is 0 Å². The Balaban J connectivity index is 4.20. The first kappa shape index (κ1) is 55.5. The molecule has 0 aliphatic heterocycles. The van der Waals surface area contributed by atoms with Gasteiger partial charge in [-0.1, -0.05) is 226 Å². The number of hydrogen-bond donors (Lipinski definition) is 2. The predicted molar refractivity (Wildman–Crippen MR) is 238 cm³/mol. The second-order valence-corrected chi connectivity index (χ2v) is 19.6. The van der Waals surface area contributed by atoms with Gasteiger partial charge >= 0.3 is 0 Å². The van der Waals surface area contributed by atoms with Crippen molar-refractivity contribution in [1.82, 2.24) is 5.32 Å². The molecule has 0 saturated carbocycles. The quantitative estimate of drug-likeness (QED) is 0.0360. The van der Waals surface area contributed by atoms with Crippen molar-refractivity contribution in [1.29, 1.82) is 0 Å². The van der Waals surface area contributed by atoms with Gasteiger partial charge in [-0.15, -0.1) is 0 Å². The number of nitrogens with zero attached hydrogens (tertiary/aromatic N) is 1. The highest BCUT2D eigenvalue weighted by Crippen LogP contribution is 2.38. The Morgan fingerprint density at radius 1 is 0.554 bits per heavy atom. The molecule has 0 rings (SSSR count). The summed E-state index contributed by atoms with van der Waals surface area (Å²) in [6, 6.07) is -0.793. The average molecular weight is 817 g/mol. The Bertz CT molecular complexity index is 885. The Morgan fingerprint density at radius 3 is 1.21 bits per heavy atom. The maximum absolute atomic E-state index is 12.9. The number of aliphatic hydroxyl groups excluding tert-OH is 1. The van der Waals surface area contributed by atoms with E-state index in [0.717, 1.165) is 38.5 Å². The van der Waals surface area contributed by atoms with Gasteiger partial charge in [0, 0.05) is 6.42 Å². The molecule has 0 spiro atoms. The largest absolute Gasteiger partial charge is 0.756 e. The molecule has 0 aliphatic rings. The first-order chi connectivity index (χ1) is 27.0. The lowest BCUT2D eigenvalue weighted by atomic mass is 10.0. The summed E-state index contributed by atoms with van der Waals surface area (Å²) in [6.07, 6.45) is 44.0. The van der Waals surface area contributed by atoms with E-state index in [1.165, 1.54) is 180 Å². The van der Waals surface area contributed by atoms with Crippen molar-refractivity contribution in [3.63, 3.8) is 0 Å². The Kier molecular flexibility index (Phi) is 39.6. The van der Waals surface area contributed by atoms with Gasteiger partial charge in [-0.25, -0.2) is 0 Å². The van der Waals surface area contributed by atoms with Crippen molar-refractivity contribution >= 4 is 13.7 Å². The van der Waals surface area contributed by atoms with E-state index in [0.29, 0.717) is 23.9 Å². The zero-order valence-corrected chi connectivity index (χ0v) is 39.0. The number of hydrogen-bond acceptors (Lipinski definition) is 6. The van der Waals surface area contributed by atoms with E-state index < -0.39 is 20.0 Å². The van der Waals surface area contributed by atoms with E-state index in [1.54, 1.807) is 0 Å². The topological polar surface area (TPSA) is 108 Å². The van der Waals surface area contributed by atoms with Crippen molar-refractivity contribution in [3.05, 3.63) is 0 Å². The molecule has 0 radical (unpaired) electrons. The predicted octanol–water partition coefficient (Wildman–Crippen LogP) is 13.1. The highest BCUT2D eigenvalue weighted by Gasteiger charge is 2.24. The van der Waals surface area contributed by atoms with Gasteiger partial charge in [0.2, 0.25) is 5.91 Å². The normalized spacial score (nSPS) is 14.2. The summed E-state index contributed by atoms with van der Waals surface area (Å²) in [7, 11) is 1.32. The van der Waals surface area contributed by atoms with Gasteiger partial charge in [-0.3, -0.25) is 9.36 Å². The summed E-state index contributed by atoms with van der Waals surface area (Å²) in [6.45, 7) is 4.74. The molecule has 0 aliphatic carbocycles. The highest BCUT2D eigenvalue weighted by atomic mass is 31.2. The van der Waals surface area contributed by atoms with Crippen LogP contribution in [0.3, 0.4) is 0 Å². The number of unbranched alkanes of at least 4 members (excludes halogenated alkanes) is 32. The van der Waals surface area contributed by atoms with E-state index in [2.05, 4.69) is 19.2 Å². The van der Waals surface area contributed by atoms with Crippen molar-refractivity contribution in [2.75, 3.05) is 40.9 Å². The monoisotopic (exact) mass is 817 g/mol. The highest BCUT2D eigenvalue weighted by molar-refractivity contribution is 7.45. The van der Waals surface area contributed by atoms with Gasteiger partial charge in [0.05, 0.1) is 39.9 Å². The van der Waals surface area contributed by atoms with Crippen molar-refractivity contribution in [2.24, 2.45) is 0 Å². The molecule has 8 nitrogen and oxygen atoms in total. The lowest BCUT2D eigenvalue weighted by molar-refractivity contribution is -0.870. The molecule has 0 aromatic carbocycles. The number of phosphoric ester groups is 1. The molecule has 0 aromatic rings. The Hall–Kier alpha value is -0.500. The third-order valence-corrected chi connectivity index (χ3v) is 12.3. The number of carbonyl (C=O) groups excluding carboxylic acids is 1. The molecule has 2 N–H and O–H groups in total. The van der Waals surface area contributed by atoms with E-state index in [-0.39, 0.29) is 19.1 Å². The van der Waals surface area contributed by atoms with Crippen LogP contribution in [-0.2, 0) is 18.4 Å². The van der Waals surface area contributed by atoms with E-state index in [9.17, 15) is 19.4 Å². The molecule has 0 fully saturated rings. The molecule has 0 bridgehead atoms. The number of amides is 1. The fourth-order valence-corrected chi connectivity index (χ4v) is 8.18. The summed E-state index contributed by atoms with van der Waals surface area (Å²) in [5.74, 6) is -0.162. The Labute approximate surface area is 349 Å². The van der Waals surface area contributed by atoms with Gasteiger partial charge in [-0.05, 0) is 12.8 Å². The van der Waals surface area contributed by atoms with E-state index >= 15 is 0 Å². The summed E-state index contributed by atoms with van der Waals surface area (Å²) < 4.78 is 23.3. The summed E-state index contributed by atoms with van der Waals surface area (Å²) >= 11 is 0. The number of aliphatic hydroxyl groups is 1. The molecule has 0 saturated heterocycles. The van der Waals surface area contributed by atoms with Crippen LogP contribution in [0.4, 0.5) is 0 Å². The zero-order chi connectivity index (χ0) is 41.4. The number of likely N-dealkylation sites (N-methyl/N-ethyl adjacent to an activating group) is 1. The first-order valence-electron chi connectivity index (χ1n) is 24.4. The summed E-state index contributed by atoms with van der Waals surface area (Å²) in [4.78, 5) is 25.3. The molecule has 336 valence electrons. The van der Waals surface area contributed by atoms with E-state index in [4.69, 9.17) is 9.05 Å². The molecule has 3 atom stereocenters. The molecular weight excluding hydrogens is 719 g/mol. The number of quaternary nitrogens is 1. The van der Waals surface area contributed by atoms with Crippen LogP contribution >= 0.6 is 7.82 Å². The smallest absolute Gasteiger partial charge is 0.268 e. The van der Waals surface area contributed by atoms with Crippen molar-refractivity contribution in [2.45, 2.75) is 257 Å². The fraction of sp³-hybridized carbons (Fsp3) is 0.979. The van der Waals surface area contributed by atoms with Gasteiger partial charge in [0.25, 0.3) is 7.82 Å². The number of rotatable bonds is 45. The standard InChI is InChI=1S/C47H97N2O6P/c1-6-8-10-12-14-16-18-20-21-22-23-24-25-26-27-28-29-30-32-34-36-38-40-46(50)45(44-55-56(52,53)54-43-42-49(3,4)5)48-47(51)41-39-37-35-33-31-19-17-15-13-11-9-7-2/h45-46,50H,6-44H2,1-5H3,(H-,48,51,52,53). The van der Waals surface area contributed by atoms with Crippen molar-refractivity contribution < 1.29 is 32.9 Å². The minimum atomic E-state index is -4.56. The molecule has 3 unspecified atom stereocenters. The zero-order valence-electron chi connectivity index (χ0n) is 38.1. The van der Waals surface area contributed by atoms with Gasteiger partial charge in [0.1, 0.15) is 13.2 Å². The maximum atomic E-state index is 12.9. The fourth-order valence-electron chi connectivity index (χ4n) is 7.45. The molecule has 1 amide bonds. The molecule has 0 heterocycles. The van der Waals surface area contributed by atoms with Crippen LogP contribution < -0.4 is 10.2 Å². The first-order valence-corrected chi connectivity index (χ1v) is 25.8. The second kappa shape index (κ2) is 39.9. The third kappa shape index (κ3) is 41.7. The summed E-state index contributed by atoms with van der Waals surface area (Å²) in [5, 5.41) is 13.9. The third-order valence-electron chi connectivity index (χ3n) is 11.3. The molecule has 56 heavy (non-hydrogen) atoms. The van der Waals surface area contributed by atoms with Crippen LogP contribution in [0.2, 0.25) is 0 Å². The van der Waals surface area contributed by atoms with Gasteiger partial charge in [0.15, 0.2) is 0 Å². The van der Waals surface area contributed by atoms with Crippen LogP contribution in [-0.4, -0.2) is 68.5 Å². The number of carbonyl (C=O) groups is 1. The maximum Gasteiger partial charge on any atom is 0.268 e. The molecule has 9 heteroatoms. The lowest BCUT2D eigenvalue weighted by Crippen LogP contribution is -2.46. The SMILES string of the molecule is CCCCCCCCCCCCCCCCCCCCCCCCC(O)C(COP(=O)([O-])OCC[N+](C)(C)C)NC(=O)CCCCCCCCCCCCCC. The minimum Gasteiger partial charge on any atom is -0.756 e. The molecular formula is C47H97N2O6P. The Morgan fingerprint density at radius 2 is 0.875 bits per heavy atom. The van der Waals surface area contributed by atoms with Gasteiger partial charge < -0.3 is 28.8 Å². The molecule has 0 aromatic heterocycles. The minimum absolute atomic E-state index is 0.0162. The van der Waals surface area contributed by atoms with Gasteiger partial charge in [-0.2, -0.15) is 0 Å². The average Bonchev–Trinajstić information content (AvgIpc) is 3.15. The van der Waals surface area contributed by atoms with E-state index in [1.807, 2.05) is 21.1 Å². The number of phosphoric acid groups is 1. The van der Waals surface area contributed by atoms with Crippen LogP contribution in [0.15, 0.2) is 0 Å².